The first-order chi connectivity index (χ1) is 8.28. The van der Waals surface area contributed by atoms with E-state index < -0.39 is 9.05 Å². The lowest BCUT2D eigenvalue weighted by atomic mass is 10.1. The predicted octanol–water partition coefficient (Wildman–Crippen LogP) is 1.84. The van der Waals surface area contributed by atoms with Gasteiger partial charge in [0, 0.05) is 36.4 Å². The van der Waals surface area contributed by atoms with Crippen molar-refractivity contribution in [3.8, 4) is 11.5 Å². The molecule has 0 spiro atoms. The van der Waals surface area contributed by atoms with Crippen molar-refractivity contribution in [2.75, 3.05) is 33.2 Å². The molecule has 0 saturated heterocycles. The van der Waals surface area contributed by atoms with E-state index in [0.717, 1.165) is 5.69 Å². The summed E-state index contributed by atoms with van der Waals surface area (Å²) in [5.41, 5.74) is 1.26. The van der Waals surface area contributed by atoms with Gasteiger partial charge in [-0.2, -0.15) is 0 Å². The highest BCUT2D eigenvalue weighted by Crippen LogP contribution is 2.35. The van der Waals surface area contributed by atoms with Gasteiger partial charge in [-0.1, -0.05) is 0 Å². The topological polar surface area (TPSA) is 55.8 Å². The van der Waals surface area contributed by atoms with E-state index in [1.54, 1.807) is 12.1 Å². The molecule has 0 amide bonds. The lowest BCUT2D eigenvalue weighted by molar-refractivity contribution is 0.400. The Kier molecular flexibility index (Phi) is 4.70. The molecule has 18 heavy (non-hydrogen) atoms. The second kappa shape index (κ2) is 5.67. The molecule has 0 N–H and O–H groups in total. The summed E-state index contributed by atoms with van der Waals surface area (Å²) < 4.78 is 32.7. The number of methoxy groups -OCH3 is 2. The Morgan fingerprint density at radius 1 is 1.17 bits per heavy atom. The summed E-state index contributed by atoms with van der Waals surface area (Å²) in [6.45, 7) is 0. The van der Waals surface area contributed by atoms with Crippen LogP contribution in [0.25, 0.3) is 0 Å². The lowest BCUT2D eigenvalue weighted by Crippen LogP contribution is -2.11. The van der Waals surface area contributed by atoms with Crippen LogP contribution in [0.2, 0.25) is 0 Å². The van der Waals surface area contributed by atoms with Gasteiger partial charge in [-0.3, -0.25) is 0 Å². The van der Waals surface area contributed by atoms with Gasteiger partial charge in [-0.15, -0.1) is 0 Å². The normalized spacial score (nSPS) is 11.2. The van der Waals surface area contributed by atoms with Gasteiger partial charge in [0.25, 0.3) is 0 Å². The van der Waals surface area contributed by atoms with Crippen molar-refractivity contribution in [2.45, 2.75) is 5.75 Å². The van der Waals surface area contributed by atoms with Crippen LogP contribution in [-0.2, 0) is 14.8 Å². The summed E-state index contributed by atoms with van der Waals surface area (Å²) in [7, 11) is 8.33. The Labute approximate surface area is 112 Å². The first-order valence-electron chi connectivity index (χ1n) is 5.13. The van der Waals surface area contributed by atoms with E-state index in [9.17, 15) is 8.42 Å². The maximum absolute atomic E-state index is 11.1. The zero-order chi connectivity index (χ0) is 13.9. The van der Waals surface area contributed by atoms with E-state index in [2.05, 4.69) is 0 Å². The summed E-state index contributed by atoms with van der Waals surface area (Å²) >= 11 is 0. The van der Waals surface area contributed by atoms with Crippen molar-refractivity contribution >= 4 is 25.4 Å². The molecule has 0 atom stereocenters. The van der Waals surface area contributed by atoms with E-state index in [0.29, 0.717) is 17.1 Å². The molecule has 0 saturated carbocycles. The number of halogens is 1. The Morgan fingerprint density at radius 3 is 2.11 bits per heavy atom. The summed E-state index contributed by atoms with van der Waals surface area (Å²) in [6, 6.07) is 3.34. The van der Waals surface area contributed by atoms with Crippen LogP contribution in [0.5, 0.6) is 11.5 Å². The van der Waals surface area contributed by atoms with E-state index >= 15 is 0 Å². The van der Waals surface area contributed by atoms with Crippen molar-refractivity contribution in [1.82, 2.24) is 0 Å². The van der Waals surface area contributed by atoms with Gasteiger partial charge in [0.15, 0.2) is 0 Å². The summed E-state index contributed by atoms with van der Waals surface area (Å²) in [6.07, 6.45) is 0. The third-order valence-electron chi connectivity index (χ3n) is 2.39. The van der Waals surface area contributed by atoms with Gasteiger partial charge < -0.3 is 14.4 Å². The monoisotopic (exact) mass is 293 g/mol. The molecule has 1 rings (SSSR count). The summed E-state index contributed by atoms with van der Waals surface area (Å²) in [5, 5.41) is 0. The average molecular weight is 294 g/mol. The molecular weight excluding hydrogens is 278 g/mol. The molecule has 0 aliphatic heterocycles. The van der Waals surface area contributed by atoms with Gasteiger partial charge in [-0.05, 0) is 6.07 Å². The molecule has 5 nitrogen and oxygen atoms in total. The molecule has 7 heteroatoms. The van der Waals surface area contributed by atoms with Gasteiger partial charge in [0.05, 0.1) is 25.7 Å². The molecule has 0 fully saturated rings. The van der Waals surface area contributed by atoms with Crippen molar-refractivity contribution in [2.24, 2.45) is 0 Å². The second-order valence-electron chi connectivity index (χ2n) is 3.91. The van der Waals surface area contributed by atoms with Gasteiger partial charge >= 0.3 is 0 Å². The molecular formula is C11H16ClNO4S. The largest absolute Gasteiger partial charge is 0.496 e. The average Bonchev–Trinajstić information content (AvgIpc) is 2.25. The highest BCUT2D eigenvalue weighted by molar-refractivity contribution is 8.13. The van der Waals surface area contributed by atoms with Gasteiger partial charge in [0.1, 0.15) is 11.5 Å². The molecule has 0 aliphatic carbocycles. The maximum Gasteiger partial charge on any atom is 0.236 e. The fourth-order valence-electron chi connectivity index (χ4n) is 1.59. The maximum atomic E-state index is 11.1. The quantitative estimate of drug-likeness (QED) is 0.775. The van der Waals surface area contributed by atoms with Crippen LogP contribution in [0.4, 0.5) is 5.69 Å². The smallest absolute Gasteiger partial charge is 0.236 e. The molecule has 0 unspecified atom stereocenters. The van der Waals surface area contributed by atoms with E-state index in [1.165, 1.54) is 14.2 Å². The SMILES string of the molecule is COc1cc(N(C)C)c(OC)cc1CS(=O)(=O)Cl. The minimum Gasteiger partial charge on any atom is -0.496 e. The number of hydrogen-bond acceptors (Lipinski definition) is 5. The van der Waals surface area contributed by atoms with Crippen molar-refractivity contribution in [3.05, 3.63) is 17.7 Å². The third kappa shape index (κ3) is 3.68. The molecule has 1 aromatic carbocycles. The highest BCUT2D eigenvalue weighted by Gasteiger charge is 2.17. The molecule has 0 bridgehead atoms. The number of hydrogen-bond donors (Lipinski definition) is 0. The highest BCUT2D eigenvalue weighted by atomic mass is 35.7. The van der Waals surface area contributed by atoms with Crippen LogP contribution in [0.15, 0.2) is 12.1 Å². The van der Waals surface area contributed by atoms with E-state index in [4.69, 9.17) is 20.2 Å². The molecule has 0 heterocycles. The standard InChI is InChI=1S/C11H16ClNO4S/c1-13(2)9-6-10(16-3)8(5-11(9)17-4)7-18(12,14)15/h5-6H,7H2,1-4H3. The minimum absolute atomic E-state index is 0.304. The first-order valence-corrected chi connectivity index (χ1v) is 7.61. The molecule has 0 aliphatic rings. The fraction of sp³-hybridized carbons (Fsp3) is 0.455. The van der Waals surface area contributed by atoms with E-state index in [-0.39, 0.29) is 5.75 Å². The van der Waals surface area contributed by atoms with Crippen molar-refractivity contribution in [3.63, 3.8) is 0 Å². The van der Waals surface area contributed by atoms with Crippen molar-refractivity contribution < 1.29 is 17.9 Å². The Hall–Kier alpha value is -1.14. The number of nitrogens with zero attached hydrogens (tertiary/aromatic N) is 1. The Morgan fingerprint density at radius 2 is 1.72 bits per heavy atom. The second-order valence-corrected chi connectivity index (χ2v) is 6.69. The number of anilines is 1. The van der Waals surface area contributed by atoms with Crippen LogP contribution in [0.3, 0.4) is 0 Å². The predicted molar refractivity (Wildman–Crippen MR) is 72.3 cm³/mol. The molecule has 1 aromatic rings. The van der Waals surface area contributed by atoms with Gasteiger partial charge in [0.2, 0.25) is 9.05 Å². The van der Waals surface area contributed by atoms with Gasteiger partial charge in [-0.25, -0.2) is 8.42 Å². The Bertz CT molecular complexity index is 528. The number of benzene rings is 1. The summed E-state index contributed by atoms with van der Waals surface area (Å²) in [4.78, 5) is 1.85. The molecule has 0 aromatic heterocycles. The molecule has 0 radical (unpaired) electrons. The van der Waals surface area contributed by atoms with Crippen LogP contribution < -0.4 is 14.4 Å². The Balaban J connectivity index is 3.35. The van der Waals surface area contributed by atoms with E-state index in [1.807, 2.05) is 19.0 Å². The lowest BCUT2D eigenvalue weighted by Gasteiger charge is -2.19. The van der Waals surface area contributed by atoms with Crippen molar-refractivity contribution in [1.29, 1.82) is 0 Å². The summed E-state index contributed by atoms with van der Waals surface area (Å²) in [5.74, 6) is 0.724. The number of rotatable bonds is 5. The first kappa shape index (κ1) is 14.9. The van der Waals surface area contributed by atoms with Crippen LogP contribution in [-0.4, -0.2) is 36.7 Å². The van der Waals surface area contributed by atoms with Crippen LogP contribution >= 0.6 is 10.7 Å². The zero-order valence-corrected chi connectivity index (χ0v) is 12.3. The number of ether oxygens (including phenoxy) is 2. The molecule has 102 valence electrons. The minimum atomic E-state index is -3.64. The fourth-order valence-corrected chi connectivity index (χ4v) is 2.54. The van der Waals surface area contributed by atoms with Crippen LogP contribution in [0, 0.1) is 0 Å². The zero-order valence-electron chi connectivity index (χ0n) is 10.7. The van der Waals surface area contributed by atoms with Crippen LogP contribution in [0.1, 0.15) is 5.56 Å². The third-order valence-corrected chi connectivity index (χ3v) is 3.37.